The number of nitrogens with one attached hydrogen (secondary N) is 2. The standard InChI is InChI=1S/C11H22N2O4/c1-7(2)17-10(16)12-8(6-14)9(15)13-11(3,4)5/h7-8,14H,6H2,1-5H3,(H,12,16)(H,13,15)/t8-/m0/s1. The maximum absolute atomic E-state index is 11.7. The molecule has 0 aromatic heterocycles. The number of carbonyl (C=O) groups excluding carboxylic acids is 2. The van der Waals surface area contributed by atoms with Crippen molar-refractivity contribution in [1.82, 2.24) is 10.6 Å². The Bertz CT molecular complexity index is 271. The molecule has 0 aliphatic heterocycles. The second-order valence-electron chi connectivity index (χ2n) is 5.07. The van der Waals surface area contributed by atoms with E-state index in [1.165, 1.54) is 0 Å². The Labute approximate surface area is 102 Å². The van der Waals surface area contributed by atoms with Gasteiger partial charge in [0.1, 0.15) is 6.04 Å². The number of aliphatic hydroxyl groups excluding tert-OH is 1. The van der Waals surface area contributed by atoms with E-state index in [1.54, 1.807) is 13.8 Å². The summed E-state index contributed by atoms with van der Waals surface area (Å²) in [5.41, 5.74) is -0.422. The van der Waals surface area contributed by atoms with E-state index in [2.05, 4.69) is 10.6 Å². The average molecular weight is 246 g/mol. The highest BCUT2D eigenvalue weighted by molar-refractivity contribution is 5.86. The second-order valence-corrected chi connectivity index (χ2v) is 5.07. The molecule has 0 rings (SSSR count). The van der Waals surface area contributed by atoms with Crippen molar-refractivity contribution < 1.29 is 19.4 Å². The van der Waals surface area contributed by atoms with Crippen molar-refractivity contribution in [3.8, 4) is 0 Å². The summed E-state index contributed by atoms with van der Waals surface area (Å²) in [6, 6.07) is -1.000. The molecule has 0 heterocycles. The number of amides is 2. The quantitative estimate of drug-likeness (QED) is 0.670. The molecule has 100 valence electrons. The third-order valence-electron chi connectivity index (χ3n) is 1.63. The fraction of sp³-hybridized carbons (Fsp3) is 0.818. The number of carbonyl (C=O) groups is 2. The van der Waals surface area contributed by atoms with Crippen LogP contribution in [0.5, 0.6) is 0 Å². The minimum absolute atomic E-state index is 0.278. The maximum Gasteiger partial charge on any atom is 0.408 e. The average Bonchev–Trinajstić information content (AvgIpc) is 2.09. The van der Waals surface area contributed by atoms with Gasteiger partial charge in [-0.15, -0.1) is 0 Å². The molecule has 2 amide bonds. The Hall–Kier alpha value is -1.30. The monoisotopic (exact) mass is 246 g/mol. The number of rotatable bonds is 4. The van der Waals surface area contributed by atoms with E-state index in [-0.39, 0.29) is 6.10 Å². The molecule has 0 fully saturated rings. The molecule has 0 unspecified atom stereocenters. The summed E-state index contributed by atoms with van der Waals surface area (Å²) in [4.78, 5) is 22.9. The lowest BCUT2D eigenvalue weighted by molar-refractivity contribution is -0.125. The molecule has 0 aliphatic carbocycles. The van der Waals surface area contributed by atoms with E-state index in [1.807, 2.05) is 20.8 Å². The van der Waals surface area contributed by atoms with E-state index >= 15 is 0 Å². The van der Waals surface area contributed by atoms with Gasteiger partial charge in [-0.25, -0.2) is 4.79 Å². The molecule has 6 heteroatoms. The summed E-state index contributed by atoms with van der Waals surface area (Å²) in [5, 5.41) is 14.0. The van der Waals surface area contributed by atoms with Crippen LogP contribution in [0.1, 0.15) is 34.6 Å². The van der Waals surface area contributed by atoms with E-state index in [0.717, 1.165) is 0 Å². The summed E-state index contributed by atoms with van der Waals surface area (Å²) >= 11 is 0. The third-order valence-corrected chi connectivity index (χ3v) is 1.63. The maximum atomic E-state index is 11.7. The van der Waals surface area contributed by atoms with Gasteiger partial charge in [0.25, 0.3) is 0 Å². The smallest absolute Gasteiger partial charge is 0.408 e. The minimum atomic E-state index is -1.000. The van der Waals surface area contributed by atoms with Crippen molar-refractivity contribution in [3.05, 3.63) is 0 Å². The Morgan fingerprint density at radius 1 is 1.29 bits per heavy atom. The molecule has 0 bridgehead atoms. The van der Waals surface area contributed by atoms with Crippen LogP contribution in [-0.4, -0.2) is 41.4 Å². The van der Waals surface area contributed by atoms with Crippen LogP contribution >= 0.6 is 0 Å². The Morgan fingerprint density at radius 3 is 2.18 bits per heavy atom. The Balaban J connectivity index is 4.33. The van der Waals surface area contributed by atoms with E-state index in [4.69, 9.17) is 9.84 Å². The third kappa shape index (κ3) is 7.57. The van der Waals surface area contributed by atoms with Crippen LogP contribution < -0.4 is 10.6 Å². The highest BCUT2D eigenvalue weighted by Crippen LogP contribution is 2.00. The first-order chi connectivity index (χ1) is 7.65. The van der Waals surface area contributed by atoms with Crippen LogP contribution in [0, 0.1) is 0 Å². The van der Waals surface area contributed by atoms with Crippen molar-refractivity contribution in [2.45, 2.75) is 52.3 Å². The van der Waals surface area contributed by atoms with E-state index < -0.39 is 30.2 Å². The first-order valence-electron chi connectivity index (χ1n) is 5.55. The van der Waals surface area contributed by atoms with Crippen molar-refractivity contribution in [2.75, 3.05) is 6.61 Å². The van der Waals surface area contributed by atoms with Gasteiger partial charge in [-0.2, -0.15) is 0 Å². The van der Waals surface area contributed by atoms with Crippen LogP contribution in [0.15, 0.2) is 0 Å². The Morgan fingerprint density at radius 2 is 1.82 bits per heavy atom. The van der Waals surface area contributed by atoms with Gasteiger partial charge in [0, 0.05) is 5.54 Å². The van der Waals surface area contributed by atoms with Gasteiger partial charge in [-0.05, 0) is 34.6 Å². The lowest BCUT2D eigenvalue weighted by Gasteiger charge is -2.24. The normalized spacial score (nSPS) is 13.1. The first-order valence-corrected chi connectivity index (χ1v) is 5.55. The lowest BCUT2D eigenvalue weighted by Crippen LogP contribution is -2.53. The molecule has 0 aromatic rings. The largest absolute Gasteiger partial charge is 0.447 e. The van der Waals surface area contributed by atoms with Gasteiger partial charge in [0.2, 0.25) is 5.91 Å². The van der Waals surface area contributed by atoms with Crippen LogP contribution in [0.2, 0.25) is 0 Å². The molecule has 3 N–H and O–H groups in total. The molecular formula is C11H22N2O4. The van der Waals surface area contributed by atoms with Crippen LogP contribution in [0.25, 0.3) is 0 Å². The minimum Gasteiger partial charge on any atom is -0.447 e. The summed E-state index contributed by atoms with van der Waals surface area (Å²) in [6.45, 7) is 8.35. The number of hydrogen-bond donors (Lipinski definition) is 3. The number of alkyl carbamates (subject to hydrolysis) is 1. The highest BCUT2D eigenvalue weighted by Gasteiger charge is 2.24. The molecular weight excluding hydrogens is 224 g/mol. The predicted molar refractivity (Wildman–Crippen MR) is 63.5 cm³/mol. The van der Waals surface area contributed by atoms with Crippen LogP contribution in [0.4, 0.5) is 4.79 Å². The molecule has 0 saturated heterocycles. The van der Waals surface area contributed by atoms with Crippen LogP contribution in [0.3, 0.4) is 0 Å². The fourth-order valence-electron chi connectivity index (χ4n) is 1.04. The highest BCUT2D eigenvalue weighted by atomic mass is 16.6. The van der Waals surface area contributed by atoms with Crippen molar-refractivity contribution in [1.29, 1.82) is 0 Å². The predicted octanol–water partition coefficient (Wildman–Crippen LogP) is 0.397. The molecule has 6 nitrogen and oxygen atoms in total. The molecule has 0 saturated carbocycles. The molecule has 0 spiro atoms. The van der Waals surface area contributed by atoms with Crippen molar-refractivity contribution in [3.63, 3.8) is 0 Å². The number of ether oxygens (including phenoxy) is 1. The van der Waals surface area contributed by atoms with Gasteiger partial charge in [-0.1, -0.05) is 0 Å². The van der Waals surface area contributed by atoms with Crippen LogP contribution in [-0.2, 0) is 9.53 Å². The SMILES string of the molecule is CC(C)OC(=O)N[C@@H](CO)C(=O)NC(C)(C)C. The first kappa shape index (κ1) is 15.7. The Kier molecular flexibility index (Phi) is 5.95. The van der Waals surface area contributed by atoms with Gasteiger partial charge in [0.15, 0.2) is 0 Å². The zero-order chi connectivity index (χ0) is 13.6. The van der Waals surface area contributed by atoms with Gasteiger partial charge in [-0.3, -0.25) is 4.79 Å². The lowest BCUT2D eigenvalue weighted by atomic mass is 10.1. The molecule has 0 aliphatic rings. The topological polar surface area (TPSA) is 87.7 Å². The van der Waals surface area contributed by atoms with Gasteiger partial charge in [0.05, 0.1) is 12.7 Å². The summed E-state index contributed by atoms with van der Waals surface area (Å²) < 4.78 is 4.82. The number of hydrogen-bond acceptors (Lipinski definition) is 4. The van der Waals surface area contributed by atoms with E-state index in [0.29, 0.717) is 0 Å². The summed E-state index contributed by atoms with van der Waals surface area (Å²) in [5.74, 6) is -0.444. The van der Waals surface area contributed by atoms with Crippen molar-refractivity contribution in [2.24, 2.45) is 0 Å². The summed E-state index contributed by atoms with van der Waals surface area (Å²) in [6.07, 6.45) is -0.997. The van der Waals surface area contributed by atoms with Crippen molar-refractivity contribution >= 4 is 12.0 Å². The number of aliphatic hydroxyl groups is 1. The van der Waals surface area contributed by atoms with Gasteiger partial charge < -0.3 is 20.5 Å². The molecule has 0 aromatic carbocycles. The molecule has 0 radical (unpaired) electrons. The second kappa shape index (κ2) is 6.44. The zero-order valence-electron chi connectivity index (χ0n) is 11.0. The molecule has 1 atom stereocenters. The van der Waals surface area contributed by atoms with E-state index in [9.17, 15) is 9.59 Å². The molecule has 17 heavy (non-hydrogen) atoms. The zero-order valence-corrected chi connectivity index (χ0v) is 11.0. The van der Waals surface area contributed by atoms with Gasteiger partial charge >= 0.3 is 6.09 Å². The summed E-state index contributed by atoms with van der Waals surface area (Å²) in [7, 11) is 0. The fourth-order valence-corrected chi connectivity index (χ4v) is 1.04.